The van der Waals surface area contributed by atoms with Gasteiger partial charge in [0.15, 0.2) is 0 Å². The fraction of sp³-hybridized carbons (Fsp3) is 0.0769. The van der Waals surface area contributed by atoms with Crippen molar-refractivity contribution in [1.82, 2.24) is 0 Å². The summed E-state index contributed by atoms with van der Waals surface area (Å²) in [6.07, 6.45) is 0. The van der Waals surface area contributed by atoms with Crippen LogP contribution in [0.3, 0.4) is 0 Å². The molecule has 1 unspecified atom stereocenters. The molecule has 0 radical (unpaired) electrons. The number of nitrogens with two attached hydrogens (primary N) is 2. The van der Waals surface area contributed by atoms with E-state index >= 15 is 0 Å². The quantitative estimate of drug-likeness (QED) is 0.783. The highest BCUT2D eigenvalue weighted by Crippen LogP contribution is 2.25. The molecular formula is C13H13ClN2. The van der Waals surface area contributed by atoms with Gasteiger partial charge in [-0.05, 0) is 29.3 Å². The lowest BCUT2D eigenvalue weighted by Gasteiger charge is -2.14. The number of rotatable bonds is 2. The zero-order valence-electron chi connectivity index (χ0n) is 8.73. The van der Waals surface area contributed by atoms with E-state index in [1.807, 2.05) is 48.5 Å². The summed E-state index contributed by atoms with van der Waals surface area (Å²) in [5.41, 5.74) is 14.7. The van der Waals surface area contributed by atoms with Gasteiger partial charge >= 0.3 is 0 Å². The maximum atomic E-state index is 6.14. The van der Waals surface area contributed by atoms with Crippen LogP contribution in [0.4, 0.5) is 5.69 Å². The standard InChI is InChI=1S/C13H13ClN2/c14-10-7-5-9(6-8-10)13(16)11-3-1-2-4-12(11)15/h1-8,13H,15-16H2. The number of hydrogen-bond acceptors (Lipinski definition) is 2. The molecule has 16 heavy (non-hydrogen) atoms. The van der Waals surface area contributed by atoms with Crippen LogP contribution in [0.25, 0.3) is 0 Å². The molecule has 82 valence electrons. The van der Waals surface area contributed by atoms with Gasteiger partial charge in [-0.2, -0.15) is 0 Å². The van der Waals surface area contributed by atoms with Crippen molar-refractivity contribution in [2.75, 3.05) is 5.73 Å². The molecule has 2 rings (SSSR count). The van der Waals surface area contributed by atoms with Crippen molar-refractivity contribution in [3.05, 3.63) is 64.7 Å². The summed E-state index contributed by atoms with van der Waals surface area (Å²) in [5.74, 6) is 0. The second-order valence-electron chi connectivity index (χ2n) is 3.66. The van der Waals surface area contributed by atoms with Crippen LogP contribution in [0.15, 0.2) is 48.5 Å². The van der Waals surface area contributed by atoms with Crippen molar-refractivity contribution in [2.45, 2.75) is 6.04 Å². The normalized spacial score (nSPS) is 12.4. The van der Waals surface area contributed by atoms with Crippen molar-refractivity contribution in [2.24, 2.45) is 5.73 Å². The van der Waals surface area contributed by atoms with Gasteiger partial charge in [-0.1, -0.05) is 41.9 Å². The number of hydrogen-bond donors (Lipinski definition) is 2. The maximum absolute atomic E-state index is 6.14. The fourth-order valence-corrected chi connectivity index (χ4v) is 1.77. The first-order valence-corrected chi connectivity index (χ1v) is 5.42. The molecule has 0 aromatic heterocycles. The first-order chi connectivity index (χ1) is 7.68. The lowest BCUT2D eigenvalue weighted by Crippen LogP contribution is -2.13. The van der Waals surface area contributed by atoms with Gasteiger partial charge < -0.3 is 11.5 Å². The molecule has 0 saturated heterocycles. The molecule has 3 heteroatoms. The molecule has 0 fully saturated rings. The van der Waals surface area contributed by atoms with Gasteiger partial charge in [-0.3, -0.25) is 0 Å². The summed E-state index contributed by atoms with van der Waals surface area (Å²) < 4.78 is 0. The Hall–Kier alpha value is -1.51. The molecule has 0 aliphatic carbocycles. The van der Waals surface area contributed by atoms with E-state index in [9.17, 15) is 0 Å². The number of para-hydroxylation sites is 1. The average molecular weight is 233 g/mol. The van der Waals surface area contributed by atoms with Crippen LogP contribution in [0.1, 0.15) is 17.2 Å². The van der Waals surface area contributed by atoms with Gasteiger partial charge in [-0.25, -0.2) is 0 Å². The third-order valence-electron chi connectivity index (χ3n) is 2.56. The molecule has 0 aliphatic rings. The van der Waals surface area contributed by atoms with Gasteiger partial charge in [0.05, 0.1) is 6.04 Å². The molecule has 1 atom stereocenters. The lowest BCUT2D eigenvalue weighted by atomic mass is 9.98. The zero-order chi connectivity index (χ0) is 11.5. The summed E-state index contributed by atoms with van der Waals surface area (Å²) in [6, 6.07) is 14.9. The van der Waals surface area contributed by atoms with Crippen molar-refractivity contribution < 1.29 is 0 Å². The van der Waals surface area contributed by atoms with E-state index in [1.54, 1.807) is 0 Å². The Bertz CT molecular complexity index is 480. The topological polar surface area (TPSA) is 52.0 Å². The second-order valence-corrected chi connectivity index (χ2v) is 4.09. The van der Waals surface area contributed by atoms with Gasteiger partial charge in [0.25, 0.3) is 0 Å². The Morgan fingerprint density at radius 2 is 1.56 bits per heavy atom. The summed E-state index contributed by atoms with van der Waals surface area (Å²) in [6.45, 7) is 0. The number of nitrogen functional groups attached to an aromatic ring is 1. The highest BCUT2D eigenvalue weighted by atomic mass is 35.5. The first-order valence-electron chi connectivity index (χ1n) is 5.04. The van der Waals surface area contributed by atoms with Crippen LogP contribution in [-0.4, -0.2) is 0 Å². The zero-order valence-corrected chi connectivity index (χ0v) is 9.48. The Morgan fingerprint density at radius 1 is 0.938 bits per heavy atom. The van der Waals surface area contributed by atoms with Crippen LogP contribution in [0, 0.1) is 0 Å². The Kier molecular flexibility index (Phi) is 3.13. The predicted molar refractivity (Wildman–Crippen MR) is 68.3 cm³/mol. The van der Waals surface area contributed by atoms with Gasteiger partial charge in [0.2, 0.25) is 0 Å². The van der Waals surface area contributed by atoms with Gasteiger partial charge in [-0.15, -0.1) is 0 Å². The average Bonchev–Trinajstić information content (AvgIpc) is 2.30. The van der Waals surface area contributed by atoms with Crippen LogP contribution < -0.4 is 11.5 Å². The van der Waals surface area contributed by atoms with Crippen LogP contribution in [-0.2, 0) is 0 Å². The summed E-state index contributed by atoms with van der Waals surface area (Å²) in [4.78, 5) is 0. The van der Waals surface area contributed by atoms with E-state index in [4.69, 9.17) is 23.1 Å². The molecule has 0 bridgehead atoms. The first kappa shape index (κ1) is 11.0. The third-order valence-corrected chi connectivity index (χ3v) is 2.81. The largest absolute Gasteiger partial charge is 0.398 e. The van der Waals surface area contributed by atoms with Crippen molar-refractivity contribution in [3.8, 4) is 0 Å². The minimum atomic E-state index is -0.210. The lowest BCUT2D eigenvalue weighted by molar-refractivity contribution is 0.875. The minimum absolute atomic E-state index is 0.210. The molecule has 0 amide bonds. The van der Waals surface area contributed by atoms with Crippen LogP contribution in [0.5, 0.6) is 0 Å². The number of halogens is 1. The van der Waals surface area contributed by atoms with E-state index < -0.39 is 0 Å². The number of benzene rings is 2. The molecule has 2 aromatic carbocycles. The smallest absolute Gasteiger partial charge is 0.0572 e. The molecule has 4 N–H and O–H groups in total. The fourth-order valence-electron chi connectivity index (χ4n) is 1.64. The Labute approximate surface area is 99.8 Å². The van der Waals surface area contributed by atoms with Crippen LogP contribution in [0.2, 0.25) is 5.02 Å². The highest BCUT2D eigenvalue weighted by molar-refractivity contribution is 6.30. The van der Waals surface area contributed by atoms with E-state index in [-0.39, 0.29) is 6.04 Å². The van der Waals surface area contributed by atoms with E-state index in [2.05, 4.69) is 0 Å². The van der Waals surface area contributed by atoms with Crippen molar-refractivity contribution >= 4 is 17.3 Å². The molecule has 2 nitrogen and oxygen atoms in total. The molecule has 0 heterocycles. The molecule has 0 spiro atoms. The van der Waals surface area contributed by atoms with E-state index in [0.29, 0.717) is 10.7 Å². The molecule has 2 aromatic rings. The van der Waals surface area contributed by atoms with E-state index in [1.165, 1.54) is 0 Å². The summed E-state index contributed by atoms with van der Waals surface area (Å²) >= 11 is 5.83. The third kappa shape index (κ3) is 2.18. The SMILES string of the molecule is Nc1ccccc1C(N)c1ccc(Cl)cc1. The Morgan fingerprint density at radius 3 is 2.19 bits per heavy atom. The molecule has 0 aliphatic heterocycles. The summed E-state index contributed by atoms with van der Waals surface area (Å²) in [7, 11) is 0. The summed E-state index contributed by atoms with van der Waals surface area (Å²) in [5, 5.41) is 0.706. The van der Waals surface area contributed by atoms with Gasteiger partial charge in [0, 0.05) is 10.7 Å². The molecule has 0 saturated carbocycles. The van der Waals surface area contributed by atoms with Crippen molar-refractivity contribution in [3.63, 3.8) is 0 Å². The van der Waals surface area contributed by atoms with Crippen molar-refractivity contribution in [1.29, 1.82) is 0 Å². The predicted octanol–water partition coefficient (Wildman–Crippen LogP) is 2.97. The maximum Gasteiger partial charge on any atom is 0.0572 e. The highest BCUT2D eigenvalue weighted by Gasteiger charge is 2.10. The minimum Gasteiger partial charge on any atom is -0.398 e. The van der Waals surface area contributed by atoms with E-state index in [0.717, 1.165) is 11.1 Å². The number of anilines is 1. The second kappa shape index (κ2) is 4.56. The Balaban J connectivity index is 2.35. The van der Waals surface area contributed by atoms with Crippen LogP contribution >= 0.6 is 11.6 Å². The molecular weight excluding hydrogens is 220 g/mol. The monoisotopic (exact) mass is 232 g/mol. The van der Waals surface area contributed by atoms with Gasteiger partial charge in [0.1, 0.15) is 0 Å².